The van der Waals surface area contributed by atoms with Crippen LogP contribution in [0.2, 0.25) is 5.02 Å². The first kappa shape index (κ1) is 9.81. The molecule has 1 amide bonds. The minimum absolute atomic E-state index is 0.111. The van der Waals surface area contributed by atoms with Crippen LogP contribution in [-0.2, 0) is 4.79 Å². The van der Waals surface area contributed by atoms with Crippen LogP contribution in [0.4, 0.5) is 11.4 Å². The van der Waals surface area contributed by atoms with Crippen LogP contribution in [0.3, 0.4) is 0 Å². The average molecular weight is 222 g/mol. The minimum Gasteiger partial charge on any atom is -0.347 e. The van der Waals surface area contributed by atoms with Crippen LogP contribution >= 0.6 is 11.6 Å². The molecule has 5 heteroatoms. The van der Waals surface area contributed by atoms with E-state index in [-0.39, 0.29) is 19.0 Å². The molecule has 76 valence electrons. The largest absolute Gasteiger partial charge is 0.347 e. The molecule has 1 aromatic carbocycles. The fraction of sp³-hybridized carbons (Fsp3) is 0.200. The Kier molecular flexibility index (Phi) is 2.48. The molecule has 1 aliphatic rings. The van der Waals surface area contributed by atoms with Gasteiger partial charge in [0, 0.05) is 5.02 Å². The third kappa shape index (κ3) is 1.88. The molecule has 0 bridgehead atoms. The number of halogens is 1. The molecule has 2 rings (SSSR count). The Morgan fingerprint density at radius 3 is 3.13 bits per heavy atom. The third-order valence-electron chi connectivity index (χ3n) is 2.17. The first-order chi connectivity index (χ1) is 7.20. The number of nitriles is 1. The summed E-state index contributed by atoms with van der Waals surface area (Å²) in [5.74, 6) is -0.111. The summed E-state index contributed by atoms with van der Waals surface area (Å²) in [5.41, 5.74) is 1.49. The van der Waals surface area contributed by atoms with Crippen LogP contribution in [0.1, 0.15) is 0 Å². The molecule has 1 aromatic rings. The zero-order chi connectivity index (χ0) is 10.8. The summed E-state index contributed by atoms with van der Waals surface area (Å²) in [5, 5.41) is 12.0. The Hall–Kier alpha value is -1.73. The molecule has 1 aliphatic heterocycles. The molecule has 4 nitrogen and oxygen atoms in total. The molecule has 0 saturated carbocycles. The molecule has 0 unspecified atom stereocenters. The second-order valence-corrected chi connectivity index (χ2v) is 3.66. The maximum atomic E-state index is 11.3. The van der Waals surface area contributed by atoms with Gasteiger partial charge in [-0.25, -0.2) is 0 Å². The number of nitrogens with zero attached hydrogens (tertiary/aromatic N) is 2. The predicted molar refractivity (Wildman–Crippen MR) is 57.9 cm³/mol. The van der Waals surface area contributed by atoms with Crippen molar-refractivity contribution in [3.63, 3.8) is 0 Å². The molecule has 0 atom stereocenters. The highest BCUT2D eigenvalue weighted by Crippen LogP contribution is 2.31. The molecule has 15 heavy (non-hydrogen) atoms. The molecule has 0 spiro atoms. The second kappa shape index (κ2) is 3.79. The molecule has 0 saturated heterocycles. The number of benzene rings is 1. The van der Waals surface area contributed by atoms with E-state index in [9.17, 15) is 4.79 Å². The zero-order valence-electron chi connectivity index (χ0n) is 7.83. The Labute approximate surface area is 92.1 Å². The number of rotatable bonds is 1. The Morgan fingerprint density at radius 2 is 2.40 bits per heavy atom. The highest BCUT2D eigenvalue weighted by atomic mass is 35.5. The van der Waals surface area contributed by atoms with Crippen LogP contribution in [0, 0.1) is 11.3 Å². The van der Waals surface area contributed by atoms with Gasteiger partial charge in [-0.1, -0.05) is 11.6 Å². The van der Waals surface area contributed by atoms with E-state index in [1.165, 1.54) is 0 Å². The van der Waals surface area contributed by atoms with Gasteiger partial charge in [-0.15, -0.1) is 0 Å². The number of carbonyl (C=O) groups is 1. The average Bonchev–Trinajstić information content (AvgIpc) is 2.19. The number of amides is 1. The van der Waals surface area contributed by atoms with E-state index in [1.54, 1.807) is 23.1 Å². The summed E-state index contributed by atoms with van der Waals surface area (Å²) in [6.45, 7) is 0.377. The molecule has 0 aliphatic carbocycles. The van der Waals surface area contributed by atoms with E-state index in [0.717, 1.165) is 5.69 Å². The fourth-order valence-corrected chi connectivity index (χ4v) is 1.71. The molecule has 0 fully saturated rings. The monoisotopic (exact) mass is 221 g/mol. The summed E-state index contributed by atoms with van der Waals surface area (Å²) in [7, 11) is 0. The van der Waals surface area contributed by atoms with Crippen molar-refractivity contribution in [1.29, 1.82) is 5.26 Å². The van der Waals surface area contributed by atoms with Crippen molar-refractivity contribution in [2.45, 2.75) is 0 Å². The number of carbonyl (C=O) groups excluding carboxylic acids is 1. The lowest BCUT2D eigenvalue weighted by atomic mass is 10.2. The van der Waals surface area contributed by atoms with Gasteiger partial charge in [-0.05, 0) is 18.2 Å². The third-order valence-corrected chi connectivity index (χ3v) is 2.41. The van der Waals surface area contributed by atoms with E-state index >= 15 is 0 Å². The van der Waals surface area contributed by atoms with Crippen LogP contribution in [0.5, 0.6) is 0 Å². The minimum atomic E-state index is -0.111. The lowest BCUT2D eigenvalue weighted by Crippen LogP contribution is -2.38. The highest BCUT2D eigenvalue weighted by Gasteiger charge is 2.21. The van der Waals surface area contributed by atoms with Gasteiger partial charge in [0.2, 0.25) is 5.91 Å². The first-order valence-electron chi connectivity index (χ1n) is 4.42. The van der Waals surface area contributed by atoms with Crippen LogP contribution < -0.4 is 10.2 Å². The van der Waals surface area contributed by atoms with E-state index in [1.807, 2.05) is 6.07 Å². The van der Waals surface area contributed by atoms with Gasteiger partial charge < -0.3 is 10.2 Å². The quantitative estimate of drug-likeness (QED) is 0.734. The predicted octanol–water partition coefficient (Wildman–Crippen LogP) is 1.62. The van der Waals surface area contributed by atoms with Gasteiger partial charge >= 0.3 is 0 Å². The molecule has 0 radical (unpaired) electrons. The number of hydrogen-bond acceptors (Lipinski definition) is 3. The van der Waals surface area contributed by atoms with Crippen LogP contribution in [-0.4, -0.2) is 19.0 Å². The van der Waals surface area contributed by atoms with Crippen molar-refractivity contribution in [3.8, 4) is 6.07 Å². The summed E-state index contributed by atoms with van der Waals surface area (Å²) in [6, 6.07) is 7.21. The Balaban J connectivity index is 2.43. The Morgan fingerprint density at radius 1 is 1.60 bits per heavy atom. The second-order valence-electron chi connectivity index (χ2n) is 3.22. The van der Waals surface area contributed by atoms with E-state index in [0.29, 0.717) is 10.7 Å². The van der Waals surface area contributed by atoms with E-state index < -0.39 is 0 Å². The van der Waals surface area contributed by atoms with Crippen molar-refractivity contribution >= 4 is 28.9 Å². The normalized spacial score (nSPS) is 14.1. The van der Waals surface area contributed by atoms with E-state index in [4.69, 9.17) is 16.9 Å². The molecule has 1 N–H and O–H groups in total. The number of hydrogen-bond donors (Lipinski definition) is 1. The number of anilines is 2. The molecule has 0 aromatic heterocycles. The van der Waals surface area contributed by atoms with Crippen molar-refractivity contribution < 1.29 is 4.79 Å². The standard InChI is InChI=1S/C10H8ClN3O/c11-7-1-2-8-9(5-7)14(4-3-12)6-10(15)13-8/h1-2,5H,4,6H2,(H,13,15). The van der Waals surface area contributed by atoms with Crippen molar-refractivity contribution in [3.05, 3.63) is 23.2 Å². The zero-order valence-corrected chi connectivity index (χ0v) is 8.58. The summed E-state index contributed by atoms with van der Waals surface area (Å²) >= 11 is 5.86. The van der Waals surface area contributed by atoms with Gasteiger partial charge in [-0.3, -0.25) is 4.79 Å². The first-order valence-corrected chi connectivity index (χ1v) is 4.80. The topological polar surface area (TPSA) is 56.1 Å². The maximum absolute atomic E-state index is 11.3. The molecular weight excluding hydrogens is 214 g/mol. The van der Waals surface area contributed by atoms with Crippen molar-refractivity contribution in [1.82, 2.24) is 0 Å². The maximum Gasteiger partial charge on any atom is 0.243 e. The van der Waals surface area contributed by atoms with Gasteiger partial charge in [-0.2, -0.15) is 5.26 Å². The van der Waals surface area contributed by atoms with Crippen LogP contribution in [0.25, 0.3) is 0 Å². The van der Waals surface area contributed by atoms with Gasteiger partial charge in [0.05, 0.1) is 24.0 Å². The van der Waals surface area contributed by atoms with Crippen molar-refractivity contribution in [2.24, 2.45) is 0 Å². The lowest BCUT2D eigenvalue weighted by molar-refractivity contribution is -0.115. The molecular formula is C10H8ClN3O. The SMILES string of the molecule is N#CCN1CC(=O)Nc2ccc(Cl)cc21. The van der Waals surface area contributed by atoms with Crippen LogP contribution in [0.15, 0.2) is 18.2 Å². The van der Waals surface area contributed by atoms with Gasteiger partial charge in [0.1, 0.15) is 6.54 Å². The van der Waals surface area contributed by atoms with Crippen molar-refractivity contribution in [2.75, 3.05) is 23.3 Å². The van der Waals surface area contributed by atoms with Gasteiger partial charge in [0.15, 0.2) is 0 Å². The number of fused-ring (bicyclic) bond motifs is 1. The molecule has 1 heterocycles. The highest BCUT2D eigenvalue weighted by molar-refractivity contribution is 6.31. The van der Waals surface area contributed by atoms with E-state index in [2.05, 4.69) is 5.32 Å². The van der Waals surface area contributed by atoms with Gasteiger partial charge in [0.25, 0.3) is 0 Å². The smallest absolute Gasteiger partial charge is 0.243 e. The lowest BCUT2D eigenvalue weighted by Gasteiger charge is -2.28. The number of nitrogens with one attached hydrogen (secondary N) is 1. The fourth-order valence-electron chi connectivity index (χ4n) is 1.55. The summed E-state index contributed by atoms with van der Waals surface area (Å²) in [6.07, 6.45) is 0. The Bertz CT molecular complexity index is 452. The summed E-state index contributed by atoms with van der Waals surface area (Å²) < 4.78 is 0. The summed E-state index contributed by atoms with van der Waals surface area (Å²) in [4.78, 5) is 13.0.